The third-order valence-corrected chi connectivity index (χ3v) is 4.66. The van der Waals surface area contributed by atoms with E-state index in [1.807, 2.05) is 0 Å². The Hall–Kier alpha value is -0.390. The molecule has 0 saturated heterocycles. The van der Waals surface area contributed by atoms with Gasteiger partial charge in [-0.25, -0.2) is 13.1 Å². The summed E-state index contributed by atoms with van der Waals surface area (Å²) in [7, 11) is -3.35. The molecule has 1 fully saturated rings. The number of nitrogens with one attached hydrogen (secondary N) is 1. The van der Waals surface area contributed by atoms with E-state index in [0.29, 0.717) is 18.8 Å². The van der Waals surface area contributed by atoms with Gasteiger partial charge < -0.3 is 5.11 Å². The Morgan fingerprint density at radius 3 is 2.50 bits per heavy atom. The molecule has 0 bridgehead atoms. The molecule has 0 aromatic heterocycles. The van der Waals surface area contributed by atoms with Crippen LogP contribution in [0.4, 0.5) is 0 Å². The van der Waals surface area contributed by atoms with E-state index in [9.17, 15) is 13.5 Å². The van der Waals surface area contributed by atoms with Crippen molar-refractivity contribution in [2.45, 2.75) is 38.1 Å². The number of rotatable bonds is 5. The molecule has 16 heavy (non-hydrogen) atoms. The molecule has 1 rings (SSSR count). The predicted molar refractivity (Wildman–Crippen MR) is 64.6 cm³/mol. The van der Waals surface area contributed by atoms with Gasteiger partial charge >= 0.3 is 0 Å². The summed E-state index contributed by atoms with van der Waals surface area (Å²) in [4.78, 5) is 0. The first kappa shape index (κ1) is 13.7. The summed E-state index contributed by atoms with van der Waals surface area (Å²) in [5, 5.41) is 9.41. The molecule has 0 aromatic rings. The van der Waals surface area contributed by atoms with Crippen molar-refractivity contribution in [3.63, 3.8) is 0 Å². The molecule has 0 heterocycles. The molecule has 0 unspecified atom stereocenters. The van der Waals surface area contributed by atoms with Crippen LogP contribution >= 0.6 is 0 Å². The zero-order valence-electron chi connectivity index (χ0n) is 9.78. The molecule has 4 nitrogen and oxygen atoms in total. The molecule has 0 spiro atoms. The lowest BCUT2D eigenvalue weighted by atomic mass is 9.78. The average molecular weight is 247 g/mol. The van der Waals surface area contributed by atoms with E-state index in [1.54, 1.807) is 0 Å². The van der Waals surface area contributed by atoms with Gasteiger partial charge in [-0.2, -0.15) is 0 Å². The molecule has 1 aliphatic rings. The first-order valence-electron chi connectivity index (χ1n) is 5.66. The van der Waals surface area contributed by atoms with E-state index in [-0.39, 0.29) is 12.4 Å². The number of hydrogen-bond acceptors (Lipinski definition) is 3. The van der Waals surface area contributed by atoms with E-state index >= 15 is 0 Å². The molecule has 0 amide bonds. The molecule has 1 aliphatic carbocycles. The summed E-state index contributed by atoms with van der Waals surface area (Å²) in [5.74, 6) is 0.521. The standard InChI is InChI=1S/C11H21NO3S/c1-3-8-16(14,15)12-11(9-13)6-4-10(2)5-7-11/h3,10,12-13H,1,4-9H2,2H3. The van der Waals surface area contributed by atoms with Gasteiger partial charge in [0.05, 0.1) is 17.9 Å². The second-order valence-electron chi connectivity index (χ2n) is 4.79. The fraction of sp³-hybridized carbons (Fsp3) is 0.818. The monoisotopic (exact) mass is 247 g/mol. The van der Waals surface area contributed by atoms with Gasteiger partial charge in [-0.1, -0.05) is 13.0 Å². The fourth-order valence-electron chi connectivity index (χ4n) is 2.13. The lowest BCUT2D eigenvalue weighted by molar-refractivity contribution is 0.125. The maximum atomic E-state index is 11.7. The molecule has 0 aromatic carbocycles. The van der Waals surface area contributed by atoms with Crippen molar-refractivity contribution in [1.82, 2.24) is 4.72 Å². The van der Waals surface area contributed by atoms with Crippen LogP contribution in [-0.4, -0.2) is 31.4 Å². The van der Waals surface area contributed by atoms with Crippen LogP contribution in [0.5, 0.6) is 0 Å². The number of aliphatic hydroxyl groups is 1. The quantitative estimate of drug-likeness (QED) is 0.713. The maximum Gasteiger partial charge on any atom is 0.215 e. The largest absolute Gasteiger partial charge is 0.394 e. The summed E-state index contributed by atoms with van der Waals surface area (Å²) in [6.07, 6.45) is 4.69. The molecule has 1 saturated carbocycles. The van der Waals surface area contributed by atoms with Gasteiger partial charge in [0.1, 0.15) is 0 Å². The van der Waals surface area contributed by atoms with Crippen LogP contribution < -0.4 is 4.72 Å². The minimum Gasteiger partial charge on any atom is -0.394 e. The molecule has 5 heteroatoms. The normalized spacial score (nSPS) is 31.2. The molecule has 0 atom stereocenters. The summed E-state index contributed by atoms with van der Waals surface area (Å²) in [5.41, 5.74) is -0.644. The summed E-state index contributed by atoms with van der Waals surface area (Å²) in [6.45, 7) is 5.44. The van der Waals surface area contributed by atoms with Gasteiger partial charge in [0.25, 0.3) is 0 Å². The second kappa shape index (κ2) is 5.29. The zero-order chi connectivity index (χ0) is 12.2. The van der Waals surface area contributed by atoms with Gasteiger partial charge in [-0.05, 0) is 31.6 Å². The van der Waals surface area contributed by atoms with E-state index in [0.717, 1.165) is 12.8 Å². The number of hydrogen-bond donors (Lipinski definition) is 2. The van der Waals surface area contributed by atoms with Crippen LogP contribution in [0.3, 0.4) is 0 Å². The van der Waals surface area contributed by atoms with Gasteiger partial charge in [0, 0.05) is 0 Å². The van der Waals surface area contributed by atoms with Gasteiger partial charge in [0.15, 0.2) is 0 Å². The van der Waals surface area contributed by atoms with Crippen molar-refractivity contribution < 1.29 is 13.5 Å². The highest BCUT2D eigenvalue weighted by atomic mass is 32.2. The topological polar surface area (TPSA) is 66.4 Å². The van der Waals surface area contributed by atoms with E-state index in [1.165, 1.54) is 6.08 Å². The van der Waals surface area contributed by atoms with Crippen LogP contribution in [0.1, 0.15) is 32.6 Å². The Bertz CT molecular complexity index is 329. The Balaban J connectivity index is 2.71. The Kier molecular flexibility index (Phi) is 4.52. The Morgan fingerprint density at radius 1 is 1.50 bits per heavy atom. The van der Waals surface area contributed by atoms with Crippen LogP contribution in [-0.2, 0) is 10.0 Å². The van der Waals surface area contributed by atoms with Crippen LogP contribution in [0.2, 0.25) is 0 Å². The zero-order valence-corrected chi connectivity index (χ0v) is 10.6. The van der Waals surface area contributed by atoms with Crippen LogP contribution in [0, 0.1) is 5.92 Å². The lowest BCUT2D eigenvalue weighted by Crippen LogP contribution is -2.53. The molecular weight excluding hydrogens is 226 g/mol. The van der Waals surface area contributed by atoms with Gasteiger partial charge in [-0.3, -0.25) is 0 Å². The molecular formula is C11H21NO3S. The predicted octanol–water partition coefficient (Wildman–Crippen LogP) is 1.03. The van der Waals surface area contributed by atoms with E-state index in [2.05, 4.69) is 18.2 Å². The minimum atomic E-state index is -3.35. The SMILES string of the molecule is C=CCS(=O)(=O)NC1(CO)CCC(C)CC1. The Morgan fingerprint density at radius 2 is 2.06 bits per heavy atom. The third-order valence-electron chi connectivity index (χ3n) is 3.24. The highest BCUT2D eigenvalue weighted by Gasteiger charge is 2.36. The van der Waals surface area contributed by atoms with Crippen molar-refractivity contribution in [1.29, 1.82) is 0 Å². The van der Waals surface area contributed by atoms with Crippen molar-refractivity contribution in [2.75, 3.05) is 12.4 Å². The second-order valence-corrected chi connectivity index (χ2v) is 6.56. The van der Waals surface area contributed by atoms with Crippen LogP contribution in [0.15, 0.2) is 12.7 Å². The first-order chi connectivity index (χ1) is 7.43. The third kappa shape index (κ3) is 3.57. The van der Waals surface area contributed by atoms with Crippen molar-refractivity contribution in [3.8, 4) is 0 Å². The molecule has 94 valence electrons. The summed E-state index contributed by atoms with van der Waals surface area (Å²) >= 11 is 0. The van der Waals surface area contributed by atoms with Gasteiger partial charge in [0.2, 0.25) is 10.0 Å². The van der Waals surface area contributed by atoms with E-state index < -0.39 is 15.6 Å². The van der Waals surface area contributed by atoms with Gasteiger partial charge in [-0.15, -0.1) is 6.58 Å². The maximum absolute atomic E-state index is 11.7. The van der Waals surface area contributed by atoms with Crippen molar-refractivity contribution in [3.05, 3.63) is 12.7 Å². The summed E-state index contributed by atoms with van der Waals surface area (Å²) < 4.78 is 25.9. The van der Waals surface area contributed by atoms with Crippen molar-refractivity contribution in [2.24, 2.45) is 5.92 Å². The fourth-order valence-corrected chi connectivity index (χ4v) is 3.46. The molecule has 2 N–H and O–H groups in total. The first-order valence-corrected chi connectivity index (χ1v) is 7.32. The van der Waals surface area contributed by atoms with E-state index in [4.69, 9.17) is 0 Å². The Labute approximate surface area is 97.8 Å². The highest BCUT2D eigenvalue weighted by molar-refractivity contribution is 7.89. The smallest absolute Gasteiger partial charge is 0.215 e. The lowest BCUT2D eigenvalue weighted by Gasteiger charge is -2.38. The summed E-state index contributed by atoms with van der Waals surface area (Å²) in [6, 6.07) is 0. The molecule has 0 aliphatic heterocycles. The number of aliphatic hydroxyl groups excluding tert-OH is 1. The number of sulfonamides is 1. The minimum absolute atomic E-state index is 0.0930. The van der Waals surface area contributed by atoms with Crippen molar-refractivity contribution >= 4 is 10.0 Å². The molecule has 0 radical (unpaired) electrons. The average Bonchev–Trinajstić information content (AvgIpc) is 2.21. The van der Waals surface area contributed by atoms with Crippen LogP contribution in [0.25, 0.3) is 0 Å². The highest BCUT2D eigenvalue weighted by Crippen LogP contribution is 2.32.